The fraction of sp³-hybridized carbons (Fsp3) is 0.909. The van der Waals surface area contributed by atoms with E-state index in [0.29, 0.717) is 12.3 Å². The molecule has 0 aliphatic heterocycles. The molecule has 0 saturated heterocycles. The number of rotatable bonds is 4. The van der Waals surface area contributed by atoms with Crippen molar-refractivity contribution in [2.75, 3.05) is 6.54 Å². The quantitative estimate of drug-likeness (QED) is 0.730. The largest absolute Gasteiger partial charge is 0.329 e. The number of ketones is 1. The Balaban J connectivity index is 4.85. The van der Waals surface area contributed by atoms with Crippen LogP contribution in [-0.4, -0.2) is 12.3 Å². The molecule has 2 heteroatoms. The molecule has 0 aromatic carbocycles. The van der Waals surface area contributed by atoms with Gasteiger partial charge in [0.1, 0.15) is 5.78 Å². The van der Waals surface area contributed by atoms with Crippen molar-refractivity contribution in [1.29, 1.82) is 0 Å². The molecular weight excluding hydrogens is 162 g/mol. The van der Waals surface area contributed by atoms with Gasteiger partial charge in [0, 0.05) is 17.4 Å². The number of carbonyl (C=O) groups is 1. The van der Waals surface area contributed by atoms with Crippen molar-refractivity contribution < 1.29 is 4.79 Å². The third-order valence-corrected chi connectivity index (χ3v) is 2.91. The summed E-state index contributed by atoms with van der Waals surface area (Å²) in [6.07, 6.45) is 1.69. The minimum atomic E-state index is -0.293. The molecule has 0 aromatic rings. The van der Waals surface area contributed by atoms with E-state index in [0.717, 1.165) is 12.8 Å². The van der Waals surface area contributed by atoms with E-state index in [1.54, 1.807) is 0 Å². The lowest BCUT2D eigenvalue weighted by Crippen LogP contribution is -2.43. The van der Waals surface area contributed by atoms with Gasteiger partial charge in [-0.1, -0.05) is 34.6 Å². The lowest BCUT2D eigenvalue weighted by Gasteiger charge is -2.34. The zero-order valence-corrected chi connectivity index (χ0v) is 9.61. The number of carbonyl (C=O) groups excluding carboxylic acids is 1. The number of Topliss-reactive ketones (excluding diaryl/α,β-unsaturated/α-hetero) is 1. The summed E-state index contributed by atoms with van der Waals surface area (Å²) in [5, 5.41) is 0. The predicted octanol–water partition coefficient (Wildman–Crippen LogP) is 2.37. The first kappa shape index (κ1) is 12.6. The van der Waals surface area contributed by atoms with Crippen molar-refractivity contribution in [2.45, 2.75) is 47.5 Å². The first-order valence-electron chi connectivity index (χ1n) is 5.09. The summed E-state index contributed by atoms with van der Waals surface area (Å²) >= 11 is 0. The highest BCUT2D eigenvalue weighted by Gasteiger charge is 2.39. The highest BCUT2D eigenvalue weighted by Crippen LogP contribution is 2.34. The van der Waals surface area contributed by atoms with Gasteiger partial charge in [-0.15, -0.1) is 0 Å². The second kappa shape index (κ2) is 4.23. The van der Waals surface area contributed by atoms with Crippen LogP contribution < -0.4 is 5.73 Å². The van der Waals surface area contributed by atoms with Gasteiger partial charge in [0.2, 0.25) is 0 Å². The molecule has 0 unspecified atom stereocenters. The summed E-state index contributed by atoms with van der Waals surface area (Å²) in [7, 11) is 0. The van der Waals surface area contributed by atoms with Gasteiger partial charge in [-0.2, -0.15) is 0 Å². The third-order valence-electron chi connectivity index (χ3n) is 2.91. The van der Waals surface area contributed by atoms with Crippen molar-refractivity contribution in [3.63, 3.8) is 0 Å². The molecule has 13 heavy (non-hydrogen) atoms. The van der Waals surface area contributed by atoms with Crippen LogP contribution in [0.5, 0.6) is 0 Å². The van der Waals surface area contributed by atoms with Crippen LogP contribution >= 0.6 is 0 Å². The Morgan fingerprint density at radius 2 is 1.54 bits per heavy atom. The molecule has 78 valence electrons. The molecule has 0 aromatic heterocycles. The topological polar surface area (TPSA) is 43.1 Å². The predicted molar refractivity (Wildman–Crippen MR) is 56.5 cm³/mol. The van der Waals surface area contributed by atoms with Crippen LogP contribution in [0, 0.1) is 10.8 Å². The van der Waals surface area contributed by atoms with Crippen molar-refractivity contribution in [2.24, 2.45) is 16.6 Å². The van der Waals surface area contributed by atoms with E-state index in [1.165, 1.54) is 0 Å². The fourth-order valence-electron chi connectivity index (χ4n) is 1.75. The van der Waals surface area contributed by atoms with Crippen LogP contribution in [0.1, 0.15) is 47.5 Å². The minimum absolute atomic E-state index is 0.272. The molecule has 0 rings (SSSR count). The standard InChI is InChI=1S/C11H23NO/c1-6-11(7-2,8-12)9(13)10(3,4)5/h6-8,12H2,1-5H3. The normalized spacial score (nSPS) is 13.1. The summed E-state index contributed by atoms with van der Waals surface area (Å²) < 4.78 is 0. The number of nitrogens with two attached hydrogens (primary N) is 1. The second-order valence-electron chi connectivity index (χ2n) is 4.77. The molecule has 2 N–H and O–H groups in total. The van der Waals surface area contributed by atoms with Gasteiger partial charge in [-0.05, 0) is 12.8 Å². The first-order valence-corrected chi connectivity index (χ1v) is 5.09. The molecule has 0 atom stereocenters. The van der Waals surface area contributed by atoms with E-state index < -0.39 is 0 Å². The molecule has 0 fully saturated rings. The van der Waals surface area contributed by atoms with Crippen molar-refractivity contribution >= 4 is 5.78 Å². The molecule has 0 radical (unpaired) electrons. The molecule has 0 heterocycles. The SMILES string of the molecule is CCC(CC)(CN)C(=O)C(C)(C)C. The smallest absolute Gasteiger partial charge is 0.145 e. The van der Waals surface area contributed by atoms with E-state index in [2.05, 4.69) is 0 Å². The van der Waals surface area contributed by atoms with E-state index in [1.807, 2.05) is 34.6 Å². The summed E-state index contributed by atoms with van der Waals surface area (Å²) in [5.74, 6) is 0.299. The maximum atomic E-state index is 12.1. The van der Waals surface area contributed by atoms with Crippen LogP contribution in [0.15, 0.2) is 0 Å². The Bertz CT molecular complexity index is 167. The van der Waals surface area contributed by atoms with Crippen LogP contribution in [-0.2, 0) is 4.79 Å². The second-order valence-corrected chi connectivity index (χ2v) is 4.77. The molecule has 0 spiro atoms. The Morgan fingerprint density at radius 1 is 1.15 bits per heavy atom. The van der Waals surface area contributed by atoms with Crippen LogP contribution in [0.2, 0.25) is 0 Å². The van der Waals surface area contributed by atoms with Crippen molar-refractivity contribution in [3.8, 4) is 0 Å². The molecule has 2 nitrogen and oxygen atoms in total. The monoisotopic (exact) mass is 185 g/mol. The van der Waals surface area contributed by atoms with Crippen molar-refractivity contribution in [1.82, 2.24) is 0 Å². The maximum absolute atomic E-state index is 12.1. The van der Waals surface area contributed by atoms with E-state index in [4.69, 9.17) is 5.73 Å². The van der Waals surface area contributed by atoms with Gasteiger partial charge in [0.05, 0.1) is 0 Å². The number of hydrogen-bond donors (Lipinski definition) is 1. The fourth-order valence-corrected chi connectivity index (χ4v) is 1.75. The van der Waals surface area contributed by atoms with Crippen molar-refractivity contribution in [3.05, 3.63) is 0 Å². The van der Waals surface area contributed by atoms with Gasteiger partial charge in [-0.25, -0.2) is 0 Å². The summed E-state index contributed by atoms with van der Waals surface area (Å²) in [6, 6.07) is 0. The molecule has 0 amide bonds. The average Bonchev–Trinajstić information content (AvgIpc) is 2.07. The van der Waals surface area contributed by atoms with Gasteiger partial charge in [-0.3, -0.25) is 4.79 Å². The molecule has 0 saturated carbocycles. The van der Waals surface area contributed by atoms with Crippen LogP contribution in [0.25, 0.3) is 0 Å². The van der Waals surface area contributed by atoms with Gasteiger partial charge in [0.25, 0.3) is 0 Å². The highest BCUT2D eigenvalue weighted by atomic mass is 16.1. The Hall–Kier alpha value is -0.370. The highest BCUT2D eigenvalue weighted by molar-refractivity contribution is 5.89. The average molecular weight is 185 g/mol. The van der Waals surface area contributed by atoms with Gasteiger partial charge in [0.15, 0.2) is 0 Å². The zero-order valence-electron chi connectivity index (χ0n) is 9.61. The van der Waals surface area contributed by atoms with Crippen LogP contribution in [0.4, 0.5) is 0 Å². The Labute approximate surface area is 81.9 Å². The lowest BCUT2D eigenvalue weighted by atomic mass is 9.69. The van der Waals surface area contributed by atoms with E-state index in [-0.39, 0.29) is 10.8 Å². The first-order chi connectivity index (χ1) is 5.84. The van der Waals surface area contributed by atoms with Gasteiger partial charge < -0.3 is 5.73 Å². The molecule has 0 aliphatic rings. The Morgan fingerprint density at radius 3 is 1.62 bits per heavy atom. The van der Waals surface area contributed by atoms with Crippen LogP contribution in [0.3, 0.4) is 0 Å². The van der Waals surface area contributed by atoms with Gasteiger partial charge >= 0.3 is 0 Å². The molecule has 0 aliphatic carbocycles. The zero-order chi connectivity index (χ0) is 10.7. The van der Waals surface area contributed by atoms with E-state index in [9.17, 15) is 4.79 Å². The molecule has 0 bridgehead atoms. The summed E-state index contributed by atoms with van der Waals surface area (Å²) in [4.78, 5) is 12.1. The lowest BCUT2D eigenvalue weighted by molar-refractivity contribution is -0.136. The maximum Gasteiger partial charge on any atom is 0.145 e. The summed E-state index contributed by atoms with van der Waals surface area (Å²) in [5.41, 5.74) is 5.14. The van der Waals surface area contributed by atoms with E-state index >= 15 is 0 Å². The molecular formula is C11H23NO. The number of hydrogen-bond acceptors (Lipinski definition) is 2. The summed E-state index contributed by atoms with van der Waals surface area (Å²) in [6.45, 7) is 10.4. The third kappa shape index (κ3) is 2.53. The Kier molecular flexibility index (Phi) is 4.11. The minimum Gasteiger partial charge on any atom is -0.329 e.